The van der Waals surface area contributed by atoms with Crippen LogP contribution in [-0.4, -0.2) is 68.7 Å². The minimum Gasteiger partial charge on any atom is -0.481 e. The molecule has 0 unspecified atom stereocenters. The summed E-state index contributed by atoms with van der Waals surface area (Å²) in [5, 5.41) is 18.1. The summed E-state index contributed by atoms with van der Waals surface area (Å²) in [6, 6.07) is 5.69. The van der Waals surface area contributed by atoms with Crippen molar-refractivity contribution in [2.75, 3.05) is 13.1 Å². The minimum absolute atomic E-state index is 0.0659. The molecule has 4 amide bonds. The van der Waals surface area contributed by atoms with Crippen LogP contribution >= 0.6 is 0 Å². The molecular formula is C22H18N2O8. The molecule has 0 aromatic heterocycles. The van der Waals surface area contributed by atoms with Gasteiger partial charge in [-0.3, -0.25) is 38.6 Å². The van der Waals surface area contributed by atoms with E-state index in [2.05, 4.69) is 0 Å². The number of carbonyl (C=O) groups is 6. The first kappa shape index (κ1) is 21.2. The zero-order valence-corrected chi connectivity index (χ0v) is 16.8. The van der Waals surface area contributed by atoms with E-state index < -0.39 is 35.6 Å². The Labute approximate surface area is 181 Å². The van der Waals surface area contributed by atoms with E-state index in [1.54, 1.807) is 0 Å². The van der Waals surface area contributed by atoms with E-state index in [1.165, 1.54) is 24.3 Å². The number of aliphatic carboxylic acids is 2. The first-order valence-corrected chi connectivity index (χ1v) is 9.98. The van der Waals surface area contributed by atoms with Crippen LogP contribution < -0.4 is 0 Å². The van der Waals surface area contributed by atoms with Gasteiger partial charge in [0.05, 0.1) is 0 Å². The fourth-order valence-electron chi connectivity index (χ4n) is 4.16. The smallest absolute Gasteiger partial charge is 0.303 e. The van der Waals surface area contributed by atoms with Gasteiger partial charge in [0.1, 0.15) is 0 Å². The van der Waals surface area contributed by atoms with Crippen molar-refractivity contribution in [3.05, 3.63) is 46.5 Å². The molecule has 2 aromatic carbocycles. The van der Waals surface area contributed by atoms with Gasteiger partial charge in [-0.05, 0) is 37.1 Å². The number of rotatable bonds is 8. The van der Waals surface area contributed by atoms with Gasteiger partial charge < -0.3 is 10.2 Å². The predicted octanol–water partition coefficient (Wildman–Crippen LogP) is 1.76. The van der Waals surface area contributed by atoms with Crippen molar-refractivity contribution < 1.29 is 39.0 Å². The molecule has 0 atom stereocenters. The van der Waals surface area contributed by atoms with Crippen LogP contribution in [0.15, 0.2) is 24.3 Å². The third kappa shape index (κ3) is 3.29. The van der Waals surface area contributed by atoms with Crippen LogP contribution in [-0.2, 0) is 9.59 Å². The van der Waals surface area contributed by atoms with Crippen LogP contribution in [0.5, 0.6) is 0 Å². The highest BCUT2D eigenvalue weighted by molar-refractivity contribution is 6.33. The van der Waals surface area contributed by atoms with Crippen molar-refractivity contribution in [1.29, 1.82) is 0 Å². The van der Waals surface area contributed by atoms with Crippen molar-refractivity contribution in [2.45, 2.75) is 25.7 Å². The number of carbonyl (C=O) groups excluding carboxylic acids is 4. The molecular weight excluding hydrogens is 420 g/mol. The summed E-state index contributed by atoms with van der Waals surface area (Å²) in [7, 11) is 0. The van der Waals surface area contributed by atoms with Crippen molar-refractivity contribution in [2.24, 2.45) is 0 Å². The van der Waals surface area contributed by atoms with E-state index in [4.69, 9.17) is 10.2 Å². The zero-order valence-electron chi connectivity index (χ0n) is 16.8. The number of imide groups is 2. The van der Waals surface area contributed by atoms with Gasteiger partial charge in [0.25, 0.3) is 23.6 Å². The third-order valence-electron chi connectivity index (χ3n) is 5.61. The molecule has 2 N–H and O–H groups in total. The molecule has 0 fully saturated rings. The quantitative estimate of drug-likeness (QED) is 0.592. The van der Waals surface area contributed by atoms with Gasteiger partial charge in [0, 0.05) is 59.0 Å². The van der Waals surface area contributed by atoms with Crippen LogP contribution in [0.2, 0.25) is 0 Å². The summed E-state index contributed by atoms with van der Waals surface area (Å²) < 4.78 is 0. The Morgan fingerprint density at radius 2 is 0.875 bits per heavy atom. The fraction of sp³-hybridized carbons (Fsp3) is 0.273. The average Bonchev–Trinajstić information content (AvgIpc) is 2.74. The zero-order chi connectivity index (χ0) is 23.2. The number of nitrogens with zero attached hydrogens (tertiary/aromatic N) is 2. The second kappa shape index (κ2) is 7.88. The maximum atomic E-state index is 13.0. The Morgan fingerprint density at radius 1 is 0.594 bits per heavy atom. The molecule has 0 spiro atoms. The molecule has 2 aliphatic heterocycles. The monoisotopic (exact) mass is 438 g/mol. The lowest BCUT2D eigenvalue weighted by Gasteiger charge is -2.31. The van der Waals surface area contributed by atoms with Crippen molar-refractivity contribution in [1.82, 2.24) is 9.80 Å². The maximum Gasteiger partial charge on any atom is 0.303 e. The van der Waals surface area contributed by atoms with Gasteiger partial charge in [-0.2, -0.15) is 0 Å². The molecule has 164 valence electrons. The Kier molecular flexibility index (Phi) is 5.21. The molecule has 2 heterocycles. The van der Waals surface area contributed by atoms with Crippen LogP contribution in [0.3, 0.4) is 0 Å². The van der Waals surface area contributed by atoms with Crippen molar-refractivity contribution in [3.8, 4) is 0 Å². The molecule has 0 radical (unpaired) electrons. The number of carboxylic acid groups (broad SMARTS) is 2. The maximum absolute atomic E-state index is 13.0. The van der Waals surface area contributed by atoms with Crippen LogP contribution in [0, 0.1) is 0 Å². The number of hydrogen-bond donors (Lipinski definition) is 2. The number of carboxylic acids is 2. The second-order valence-corrected chi connectivity index (χ2v) is 7.59. The average molecular weight is 438 g/mol. The highest BCUT2D eigenvalue weighted by Crippen LogP contribution is 2.37. The number of amides is 4. The second-order valence-electron chi connectivity index (χ2n) is 7.59. The van der Waals surface area contributed by atoms with Crippen molar-refractivity contribution >= 4 is 46.3 Å². The summed E-state index contributed by atoms with van der Waals surface area (Å²) in [6.45, 7) is -0.132. The first-order valence-electron chi connectivity index (χ1n) is 9.98. The Balaban J connectivity index is 1.75. The lowest BCUT2D eigenvalue weighted by molar-refractivity contribution is -0.138. The SMILES string of the molecule is O=C(O)CCCN1C(=O)c2ccc3c4c(ccc(c24)C1=O)C(=O)N(CCCC(=O)O)C3=O. The highest BCUT2D eigenvalue weighted by atomic mass is 16.4. The molecule has 10 heteroatoms. The van der Waals surface area contributed by atoms with E-state index in [1.807, 2.05) is 0 Å². The molecule has 0 saturated carbocycles. The number of benzene rings is 2. The minimum atomic E-state index is -1.04. The van der Waals surface area contributed by atoms with Gasteiger partial charge in [-0.25, -0.2) is 0 Å². The van der Waals surface area contributed by atoms with Gasteiger partial charge in [0.2, 0.25) is 0 Å². The molecule has 0 bridgehead atoms. The Bertz CT molecular complexity index is 1070. The van der Waals surface area contributed by atoms with Gasteiger partial charge in [0.15, 0.2) is 0 Å². The van der Waals surface area contributed by atoms with E-state index in [0.29, 0.717) is 0 Å². The standard InChI is InChI=1S/C22H18N2O8/c25-15(26)3-1-9-23-19(29)11-5-7-13-18-14(8-6-12(17(11)18)20(23)30)22(32)24(21(13)31)10-2-4-16(27)28/h5-8H,1-4,9-10H2,(H,25,26)(H,27,28). The Hall–Kier alpha value is -4.08. The molecule has 0 aliphatic carbocycles. The molecule has 4 rings (SSSR count). The van der Waals surface area contributed by atoms with E-state index in [9.17, 15) is 28.8 Å². The number of hydrogen-bond acceptors (Lipinski definition) is 6. The summed E-state index contributed by atoms with van der Waals surface area (Å²) in [5.41, 5.74) is 0.650. The normalized spacial score (nSPS) is 15.0. The molecule has 32 heavy (non-hydrogen) atoms. The summed E-state index contributed by atoms with van der Waals surface area (Å²) in [5.74, 6) is -4.52. The summed E-state index contributed by atoms with van der Waals surface area (Å²) in [4.78, 5) is 75.4. The molecule has 2 aromatic rings. The lowest BCUT2D eigenvalue weighted by Crippen LogP contribution is -2.43. The van der Waals surface area contributed by atoms with E-state index >= 15 is 0 Å². The highest BCUT2D eigenvalue weighted by Gasteiger charge is 2.39. The van der Waals surface area contributed by atoms with E-state index in [-0.39, 0.29) is 71.8 Å². The summed E-state index contributed by atoms with van der Waals surface area (Å²) >= 11 is 0. The Morgan fingerprint density at radius 3 is 1.12 bits per heavy atom. The molecule has 0 saturated heterocycles. The topological polar surface area (TPSA) is 149 Å². The van der Waals surface area contributed by atoms with Gasteiger partial charge >= 0.3 is 11.9 Å². The van der Waals surface area contributed by atoms with Crippen LogP contribution in [0.25, 0.3) is 10.8 Å². The lowest BCUT2D eigenvalue weighted by atomic mass is 9.86. The van der Waals surface area contributed by atoms with Crippen LogP contribution in [0.1, 0.15) is 67.1 Å². The fourth-order valence-corrected chi connectivity index (χ4v) is 4.16. The van der Waals surface area contributed by atoms with Gasteiger partial charge in [-0.1, -0.05) is 0 Å². The molecule has 2 aliphatic rings. The summed E-state index contributed by atoms with van der Waals surface area (Å²) in [6.07, 6.45) is -0.191. The molecule has 10 nitrogen and oxygen atoms in total. The third-order valence-corrected chi connectivity index (χ3v) is 5.61. The largest absolute Gasteiger partial charge is 0.481 e. The van der Waals surface area contributed by atoms with Gasteiger partial charge in [-0.15, -0.1) is 0 Å². The van der Waals surface area contributed by atoms with Crippen molar-refractivity contribution in [3.63, 3.8) is 0 Å². The van der Waals surface area contributed by atoms with E-state index in [0.717, 1.165) is 9.80 Å². The predicted molar refractivity (Wildman–Crippen MR) is 108 cm³/mol. The van der Waals surface area contributed by atoms with Crippen LogP contribution in [0.4, 0.5) is 0 Å². The first-order chi connectivity index (χ1) is 15.2.